The number of carbonyl (C=O) groups is 1. The van der Waals surface area contributed by atoms with Crippen LogP contribution in [-0.4, -0.2) is 61.3 Å². The number of ether oxygens (including phenoxy) is 1. The van der Waals surface area contributed by atoms with Gasteiger partial charge in [-0.05, 0) is 30.5 Å². The summed E-state index contributed by atoms with van der Waals surface area (Å²) in [6.45, 7) is 1.19. The summed E-state index contributed by atoms with van der Waals surface area (Å²) >= 11 is 0. The monoisotopic (exact) mass is 329 g/mol. The van der Waals surface area contributed by atoms with Crippen LogP contribution in [0.4, 0.5) is 0 Å². The molecule has 2 aromatic rings. The van der Waals surface area contributed by atoms with Gasteiger partial charge >= 0.3 is 0 Å². The van der Waals surface area contributed by atoms with Gasteiger partial charge in [-0.2, -0.15) is 0 Å². The van der Waals surface area contributed by atoms with E-state index in [0.717, 1.165) is 18.4 Å². The van der Waals surface area contributed by atoms with E-state index in [9.17, 15) is 9.90 Å². The Bertz CT molecular complexity index is 716. The van der Waals surface area contributed by atoms with Crippen molar-refractivity contribution in [3.63, 3.8) is 0 Å². The van der Waals surface area contributed by atoms with Crippen molar-refractivity contribution in [1.29, 1.82) is 0 Å². The summed E-state index contributed by atoms with van der Waals surface area (Å²) in [7, 11) is 0. The van der Waals surface area contributed by atoms with Crippen molar-refractivity contribution in [2.75, 3.05) is 13.2 Å². The highest BCUT2D eigenvalue weighted by Crippen LogP contribution is 2.29. The fourth-order valence-corrected chi connectivity index (χ4v) is 2.91. The summed E-state index contributed by atoms with van der Waals surface area (Å²) in [5.74, 6) is -0.131. The van der Waals surface area contributed by atoms with Gasteiger partial charge in [-0.1, -0.05) is 5.21 Å². The number of hydrogen-bond donors (Lipinski definition) is 1. The third kappa shape index (κ3) is 3.02. The van der Waals surface area contributed by atoms with E-state index in [-0.39, 0.29) is 24.6 Å². The number of hydrogen-bond acceptors (Lipinski definition) is 6. The first-order chi connectivity index (χ1) is 11.7. The SMILES string of the molecule is O=C(c1cn([C@@H]2COC[C@H]2O)nn1)N(Cc1ccncc1)C1CC1. The Morgan fingerprint density at radius 1 is 1.33 bits per heavy atom. The van der Waals surface area contributed by atoms with E-state index in [1.54, 1.807) is 18.6 Å². The number of carbonyl (C=O) groups excluding carboxylic acids is 1. The van der Waals surface area contributed by atoms with Crippen molar-refractivity contribution in [1.82, 2.24) is 24.9 Å². The van der Waals surface area contributed by atoms with Gasteiger partial charge in [-0.3, -0.25) is 9.78 Å². The number of aliphatic hydroxyl groups is 1. The van der Waals surface area contributed by atoms with Gasteiger partial charge in [0.2, 0.25) is 0 Å². The molecule has 1 aliphatic carbocycles. The van der Waals surface area contributed by atoms with Crippen molar-refractivity contribution in [2.24, 2.45) is 0 Å². The van der Waals surface area contributed by atoms with Crippen molar-refractivity contribution in [2.45, 2.75) is 37.6 Å². The highest BCUT2D eigenvalue weighted by molar-refractivity contribution is 5.92. The first-order valence-corrected chi connectivity index (χ1v) is 8.10. The molecule has 0 radical (unpaired) electrons. The lowest BCUT2D eigenvalue weighted by Crippen LogP contribution is -2.33. The van der Waals surface area contributed by atoms with Gasteiger partial charge in [0, 0.05) is 25.0 Å². The molecule has 126 valence electrons. The molecule has 2 aromatic heterocycles. The normalized spacial score (nSPS) is 23.4. The van der Waals surface area contributed by atoms with Gasteiger partial charge in [0.05, 0.1) is 19.4 Å². The minimum Gasteiger partial charge on any atom is -0.388 e. The highest BCUT2D eigenvalue weighted by Gasteiger charge is 2.35. The van der Waals surface area contributed by atoms with E-state index in [4.69, 9.17) is 4.74 Å². The van der Waals surface area contributed by atoms with E-state index >= 15 is 0 Å². The molecule has 2 fully saturated rings. The highest BCUT2D eigenvalue weighted by atomic mass is 16.5. The minimum absolute atomic E-state index is 0.131. The number of rotatable bonds is 5. The average molecular weight is 329 g/mol. The fourth-order valence-electron chi connectivity index (χ4n) is 2.91. The first kappa shape index (κ1) is 15.2. The summed E-state index contributed by atoms with van der Waals surface area (Å²) in [6, 6.07) is 3.79. The van der Waals surface area contributed by atoms with Crippen LogP contribution in [0.25, 0.3) is 0 Å². The second kappa shape index (κ2) is 6.29. The molecule has 0 bridgehead atoms. The Labute approximate surface area is 139 Å². The van der Waals surface area contributed by atoms with Crippen LogP contribution in [-0.2, 0) is 11.3 Å². The van der Waals surface area contributed by atoms with E-state index in [2.05, 4.69) is 15.3 Å². The van der Waals surface area contributed by atoms with E-state index in [1.165, 1.54) is 4.68 Å². The van der Waals surface area contributed by atoms with Crippen LogP contribution in [0.3, 0.4) is 0 Å². The Balaban J connectivity index is 1.52. The third-order valence-electron chi connectivity index (χ3n) is 4.44. The first-order valence-electron chi connectivity index (χ1n) is 8.10. The van der Waals surface area contributed by atoms with Crippen LogP contribution in [0.2, 0.25) is 0 Å². The molecule has 0 unspecified atom stereocenters. The number of amides is 1. The second-order valence-corrected chi connectivity index (χ2v) is 6.28. The van der Waals surface area contributed by atoms with Crippen LogP contribution in [0.5, 0.6) is 0 Å². The zero-order valence-electron chi connectivity index (χ0n) is 13.2. The van der Waals surface area contributed by atoms with Crippen molar-refractivity contribution >= 4 is 5.91 Å². The molecular formula is C16H19N5O3. The molecule has 1 saturated carbocycles. The molecule has 4 rings (SSSR count). The molecule has 2 atom stereocenters. The minimum atomic E-state index is -0.619. The standard InChI is InChI=1S/C16H19N5O3/c22-15-10-24-9-14(15)21-8-13(18-19-21)16(23)20(12-1-2-12)7-11-3-5-17-6-4-11/h3-6,8,12,14-15,22H,1-2,7,9-10H2/t14-,15-/m1/s1. The van der Waals surface area contributed by atoms with Gasteiger partial charge in [0.1, 0.15) is 12.1 Å². The van der Waals surface area contributed by atoms with Gasteiger partial charge in [-0.25, -0.2) is 4.68 Å². The van der Waals surface area contributed by atoms with Gasteiger partial charge in [0.15, 0.2) is 5.69 Å². The lowest BCUT2D eigenvalue weighted by molar-refractivity contribution is 0.0723. The molecule has 8 nitrogen and oxygen atoms in total. The Morgan fingerprint density at radius 2 is 2.12 bits per heavy atom. The van der Waals surface area contributed by atoms with E-state index in [0.29, 0.717) is 18.8 Å². The molecule has 1 N–H and O–H groups in total. The summed E-state index contributed by atoms with van der Waals surface area (Å²) in [5.41, 5.74) is 1.34. The molecule has 1 saturated heterocycles. The maximum Gasteiger partial charge on any atom is 0.276 e. The largest absolute Gasteiger partial charge is 0.388 e. The summed E-state index contributed by atoms with van der Waals surface area (Å²) in [4.78, 5) is 18.7. The molecule has 8 heteroatoms. The van der Waals surface area contributed by atoms with Crippen molar-refractivity contribution in [3.05, 3.63) is 42.0 Å². The lowest BCUT2D eigenvalue weighted by Gasteiger charge is -2.21. The molecule has 1 aliphatic heterocycles. The predicted octanol–water partition coefficient (Wildman–Crippen LogP) is 0.410. The third-order valence-corrected chi connectivity index (χ3v) is 4.44. The van der Waals surface area contributed by atoms with Crippen LogP contribution in [0.1, 0.15) is 34.9 Å². The van der Waals surface area contributed by atoms with Gasteiger partial charge < -0.3 is 14.7 Å². The topological polar surface area (TPSA) is 93.4 Å². The summed E-state index contributed by atoms with van der Waals surface area (Å²) in [5, 5.41) is 17.9. The molecular weight excluding hydrogens is 310 g/mol. The molecule has 0 spiro atoms. The Hall–Kier alpha value is -2.32. The van der Waals surface area contributed by atoms with Crippen LogP contribution in [0, 0.1) is 0 Å². The molecule has 1 amide bonds. The Kier molecular flexibility index (Phi) is 3.99. The summed E-state index contributed by atoms with van der Waals surface area (Å²) < 4.78 is 6.76. The van der Waals surface area contributed by atoms with Crippen molar-refractivity contribution in [3.8, 4) is 0 Å². The average Bonchev–Trinajstić information content (AvgIpc) is 3.16. The predicted molar refractivity (Wildman–Crippen MR) is 83.0 cm³/mol. The zero-order chi connectivity index (χ0) is 16.5. The van der Waals surface area contributed by atoms with E-state index < -0.39 is 6.10 Å². The van der Waals surface area contributed by atoms with Crippen LogP contribution in [0.15, 0.2) is 30.7 Å². The van der Waals surface area contributed by atoms with Gasteiger partial charge in [-0.15, -0.1) is 5.10 Å². The Morgan fingerprint density at radius 3 is 2.79 bits per heavy atom. The fraction of sp³-hybridized carbons (Fsp3) is 0.500. The maximum atomic E-state index is 12.8. The second-order valence-electron chi connectivity index (χ2n) is 6.28. The number of nitrogens with zero attached hydrogens (tertiary/aromatic N) is 5. The van der Waals surface area contributed by atoms with Crippen LogP contribution >= 0.6 is 0 Å². The number of aliphatic hydroxyl groups excluding tert-OH is 1. The summed E-state index contributed by atoms with van der Waals surface area (Å²) in [6.07, 6.45) is 6.46. The quantitative estimate of drug-likeness (QED) is 0.854. The molecule has 0 aromatic carbocycles. The van der Waals surface area contributed by atoms with Crippen LogP contribution < -0.4 is 0 Å². The smallest absolute Gasteiger partial charge is 0.276 e. The molecule has 3 heterocycles. The molecule has 24 heavy (non-hydrogen) atoms. The lowest BCUT2D eigenvalue weighted by atomic mass is 10.2. The number of aromatic nitrogens is 4. The zero-order valence-corrected chi connectivity index (χ0v) is 13.2. The maximum absolute atomic E-state index is 12.8. The molecule has 2 aliphatic rings. The van der Waals surface area contributed by atoms with Gasteiger partial charge in [0.25, 0.3) is 5.91 Å². The van der Waals surface area contributed by atoms with Crippen molar-refractivity contribution < 1.29 is 14.6 Å². The number of pyridine rings is 1. The van der Waals surface area contributed by atoms with E-state index in [1.807, 2.05) is 17.0 Å².